The van der Waals surface area contributed by atoms with Crippen molar-refractivity contribution in [3.05, 3.63) is 94.2 Å². The predicted octanol–water partition coefficient (Wildman–Crippen LogP) is -0.203. The molecule has 3 aromatic carbocycles. The number of anilines is 3. The zero-order valence-electron chi connectivity index (χ0n) is 21.8. The van der Waals surface area contributed by atoms with Crippen LogP contribution < -0.4 is 42.6 Å². The Morgan fingerprint density at radius 1 is 0.821 bits per heavy atom. The van der Waals surface area contributed by atoms with Crippen LogP contribution in [-0.4, -0.2) is 45.6 Å². The third-order valence-electron chi connectivity index (χ3n) is 5.52. The van der Waals surface area contributed by atoms with Crippen LogP contribution in [0.2, 0.25) is 0 Å². The topological polar surface area (TPSA) is 110 Å². The second kappa shape index (κ2) is 16.5. The van der Waals surface area contributed by atoms with Gasteiger partial charge in [0, 0.05) is 38.1 Å². The maximum absolute atomic E-state index is 11.1. The molecule has 196 valence electrons. The van der Waals surface area contributed by atoms with E-state index in [2.05, 4.69) is 45.5 Å². The Kier molecular flexibility index (Phi) is 14.5. The number of para-hydroxylation sites is 3. The summed E-state index contributed by atoms with van der Waals surface area (Å²) < 4.78 is 60.4. The van der Waals surface area contributed by atoms with E-state index in [1.54, 1.807) is 11.8 Å². The van der Waals surface area contributed by atoms with E-state index in [9.17, 15) is 21.7 Å². The van der Waals surface area contributed by atoms with E-state index in [4.69, 9.17) is 0 Å². The largest absolute Gasteiger partial charge is 1.00 e. The number of thioether (sulfide) groups is 2. The van der Waals surface area contributed by atoms with Crippen molar-refractivity contribution in [2.45, 2.75) is 12.8 Å². The van der Waals surface area contributed by atoms with Crippen LogP contribution in [0.25, 0.3) is 5.57 Å². The van der Waals surface area contributed by atoms with Crippen molar-refractivity contribution < 1.29 is 63.6 Å². The summed E-state index contributed by atoms with van der Waals surface area (Å²) in [4.78, 5) is 2.22. The van der Waals surface area contributed by atoms with Gasteiger partial charge in [0.2, 0.25) is 0 Å². The number of fused-ring (bicyclic) bond motifs is 2. The SMILES string of the molecule is O=S([O-])OCCCSC(SCCCS(=O)(=O)[O-])=C1c2ccccc2N(c2ccccc2)c2ccccc21.[Li+].[Li+]. The molecule has 1 aliphatic heterocycles. The van der Waals surface area contributed by atoms with E-state index in [1.807, 2.05) is 42.5 Å². The summed E-state index contributed by atoms with van der Waals surface area (Å²) in [6.45, 7) is 0.0831. The fourth-order valence-corrected chi connectivity index (χ4v) is 7.47. The normalized spacial score (nSPS) is 13.0. The van der Waals surface area contributed by atoms with E-state index in [0.29, 0.717) is 17.9 Å². The Bertz CT molecular complexity index is 1340. The molecule has 0 N–H and O–H groups in total. The molecule has 3 aromatic rings. The van der Waals surface area contributed by atoms with Gasteiger partial charge in [0.15, 0.2) is 0 Å². The Morgan fingerprint density at radius 3 is 1.87 bits per heavy atom. The molecule has 0 radical (unpaired) electrons. The fraction of sp³-hybridized carbons (Fsp3) is 0.231. The van der Waals surface area contributed by atoms with Gasteiger partial charge in [-0.1, -0.05) is 54.6 Å². The minimum Gasteiger partial charge on any atom is -0.750 e. The van der Waals surface area contributed by atoms with Gasteiger partial charge in [-0.25, -0.2) is 12.6 Å². The van der Waals surface area contributed by atoms with Crippen LogP contribution in [0.4, 0.5) is 17.1 Å². The monoisotopic (exact) mass is 589 g/mol. The third-order valence-corrected chi connectivity index (χ3v) is 9.29. The molecule has 4 rings (SSSR count). The average molecular weight is 590 g/mol. The first-order valence-corrected chi connectivity index (χ1v) is 16.1. The summed E-state index contributed by atoms with van der Waals surface area (Å²) >= 11 is 0.544. The number of hydrogen-bond donors (Lipinski definition) is 0. The maximum Gasteiger partial charge on any atom is 1.00 e. The van der Waals surface area contributed by atoms with E-state index >= 15 is 0 Å². The van der Waals surface area contributed by atoms with Crippen molar-refractivity contribution >= 4 is 67.6 Å². The standard InChI is InChI=1S/C26H27NO6S4.2Li/c28-36(29)33-16-8-17-34-26(35-18-9-19-37(30,31)32)25-21-12-4-6-14-23(21)27(20-10-2-1-3-11-20)24-15-7-5-13-22(24)25;;/h1-7,10-15H,8-9,16-19H2,(H,28,29)(H,30,31,32);;/q;2*+1/p-2. The van der Waals surface area contributed by atoms with Gasteiger partial charge in [0.1, 0.15) is 0 Å². The minimum atomic E-state index is -4.28. The van der Waals surface area contributed by atoms with Crippen molar-refractivity contribution in [2.75, 3.05) is 28.8 Å². The second-order valence-electron chi connectivity index (χ2n) is 8.06. The quantitative estimate of drug-likeness (QED) is 0.0961. The average Bonchev–Trinajstić information content (AvgIpc) is 2.88. The zero-order valence-corrected chi connectivity index (χ0v) is 25.0. The maximum atomic E-state index is 11.1. The summed E-state index contributed by atoms with van der Waals surface area (Å²) in [5, 5.41) is 0. The van der Waals surface area contributed by atoms with Gasteiger partial charge in [-0.15, -0.1) is 23.5 Å². The summed E-state index contributed by atoms with van der Waals surface area (Å²) in [6.07, 6.45) is 0.760. The molecule has 0 fully saturated rings. The molecule has 0 spiro atoms. The summed E-state index contributed by atoms with van der Waals surface area (Å²) in [6, 6.07) is 26.4. The molecule has 39 heavy (non-hydrogen) atoms. The molecule has 1 atom stereocenters. The minimum absolute atomic E-state index is 0. The van der Waals surface area contributed by atoms with E-state index in [0.717, 1.165) is 38.0 Å². The van der Waals surface area contributed by atoms with Gasteiger partial charge in [-0.3, -0.25) is 0 Å². The van der Waals surface area contributed by atoms with Gasteiger partial charge in [0.25, 0.3) is 0 Å². The van der Waals surface area contributed by atoms with Crippen LogP contribution in [0.3, 0.4) is 0 Å². The van der Waals surface area contributed by atoms with Crippen LogP contribution >= 0.6 is 23.5 Å². The number of benzene rings is 3. The summed E-state index contributed by atoms with van der Waals surface area (Å²) in [5.74, 6) is 0.655. The van der Waals surface area contributed by atoms with Gasteiger partial charge in [0.05, 0.1) is 39.5 Å². The second-order valence-corrected chi connectivity index (χ2v) is 12.7. The van der Waals surface area contributed by atoms with Crippen LogP contribution in [0, 0.1) is 0 Å². The smallest absolute Gasteiger partial charge is 0.750 e. The first kappa shape index (κ1) is 34.3. The van der Waals surface area contributed by atoms with E-state index in [-0.39, 0.29) is 50.7 Å². The van der Waals surface area contributed by atoms with Crippen LogP contribution in [0.1, 0.15) is 24.0 Å². The molecule has 1 unspecified atom stereocenters. The van der Waals surface area contributed by atoms with Gasteiger partial charge in [-0.2, -0.15) is 0 Å². The Hall–Kier alpha value is -0.925. The predicted molar refractivity (Wildman–Crippen MR) is 151 cm³/mol. The Labute approximate surface area is 265 Å². The Morgan fingerprint density at radius 2 is 1.33 bits per heavy atom. The molecular formula is C26H25Li2NO6S4. The Balaban J connectivity index is 0.00000267. The van der Waals surface area contributed by atoms with Crippen LogP contribution in [0.15, 0.2) is 83.1 Å². The van der Waals surface area contributed by atoms with E-state index < -0.39 is 27.2 Å². The molecule has 0 saturated heterocycles. The van der Waals surface area contributed by atoms with Gasteiger partial charge >= 0.3 is 37.7 Å². The molecule has 0 amide bonds. The van der Waals surface area contributed by atoms with E-state index in [1.165, 1.54) is 11.8 Å². The van der Waals surface area contributed by atoms with Crippen molar-refractivity contribution in [3.8, 4) is 0 Å². The summed E-state index contributed by atoms with van der Waals surface area (Å²) in [7, 11) is -4.28. The molecule has 1 aliphatic rings. The molecular weight excluding hydrogens is 564 g/mol. The first-order valence-electron chi connectivity index (χ1n) is 11.5. The number of rotatable bonds is 12. The van der Waals surface area contributed by atoms with Crippen molar-refractivity contribution in [3.63, 3.8) is 0 Å². The van der Waals surface area contributed by atoms with Crippen molar-refractivity contribution in [1.29, 1.82) is 0 Å². The van der Waals surface area contributed by atoms with Gasteiger partial charge < -0.3 is 18.2 Å². The molecule has 0 bridgehead atoms. The summed E-state index contributed by atoms with van der Waals surface area (Å²) in [5.41, 5.74) is 6.18. The zero-order chi connectivity index (χ0) is 26.3. The fourth-order valence-electron chi connectivity index (χ4n) is 4.05. The molecule has 0 saturated carbocycles. The molecule has 0 aromatic heterocycles. The van der Waals surface area contributed by atoms with Gasteiger partial charge in [-0.05, 0) is 42.9 Å². The van der Waals surface area contributed by atoms with Crippen molar-refractivity contribution in [1.82, 2.24) is 0 Å². The third kappa shape index (κ3) is 9.56. The number of nitrogens with zero attached hydrogens (tertiary/aromatic N) is 1. The molecule has 0 aliphatic carbocycles. The molecule has 13 heteroatoms. The first-order chi connectivity index (χ1) is 17.8. The number of hydrogen-bond acceptors (Lipinski definition) is 9. The van der Waals surface area contributed by atoms with Crippen LogP contribution in [-0.2, 0) is 25.7 Å². The van der Waals surface area contributed by atoms with Crippen molar-refractivity contribution in [2.24, 2.45) is 0 Å². The molecule has 7 nitrogen and oxygen atoms in total. The van der Waals surface area contributed by atoms with Crippen LogP contribution in [0.5, 0.6) is 0 Å². The molecule has 1 heterocycles.